The lowest BCUT2D eigenvalue weighted by atomic mass is 10.1. The molecule has 25 heavy (non-hydrogen) atoms. The molecule has 1 fully saturated rings. The van der Waals surface area contributed by atoms with E-state index in [9.17, 15) is 4.79 Å². The lowest BCUT2D eigenvalue weighted by molar-refractivity contribution is 0.0927. The summed E-state index contributed by atoms with van der Waals surface area (Å²) in [5, 5.41) is 14.8. The van der Waals surface area contributed by atoms with Crippen molar-refractivity contribution in [3.05, 3.63) is 41.2 Å². The highest BCUT2D eigenvalue weighted by Gasteiger charge is 2.19. The maximum atomic E-state index is 12.2. The Balaban J connectivity index is 1.50. The number of halogens is 1. The molecule has 1 saturated heterocycles. The molecular formula is C17H22ClN5O2. The zero-order valence-electron chi connectivity index (χ0n) is 14.1. The first-order valence-electron chi connectivity index (χ1n) is 8.45. The number of hydrogen-bond donors (Lipinski definition) is 2. The number of carbonyl (C=O) groups excluding carboxylic acids is 1. The molecule has 7 nitrogen and oxygen atoms in total. The first-order chi connectivity index (χ1) is 12.1. The first-order valence-corrected chi connectivity index (χ1v) is 8.83. The van der Waals surface area contributed by atoms with Gasteiger partial charge in [-0.3, -0.25) is 4.79 Å². The zero-order valence-corrected chi connectivity index (χ0v) is 14.9. The average molecular weight is 364 g/mol. The Bertz CT molecular complexity index is 715. The van der Waals surface area contributed by atoms with Crippen LogP contribution in [0.2, 0.25) is 5.02 Å². The van der Waals surface area contributed by atoms with Gasteiger partial charge in [-0.2, -0.15) is 0 Å². The summed E-state index contributed by atoms with van der Waals surface area (Å²) in [5.74, 6) is 0.345. The quantitative estimate of drug-likeness (QED) is 0.821. The van der Waals surface area contributed by atoms with E-state index in [2.05, 4.69) is 20.9 Å². The van der Waals surface area contributed by atoms with E-state index in [1.165, 1.54) is 0 Å². The summed E-state index contributed by atoms with van der Waals surface area (Å²) in [4.78, 5) is 12.2. The first kappa shape index (κ1) is 17.7. The third kappa shape index (κ3) is 4.70. The minimum Gasteiger partial charge on any atom is -0.487 e. The second kappa shape index (κ2) is 8.31. The lowest BCUT2D eigenvalue weighted by Crippen LogP contribution is -2.33. The Hall–Kier alpha value is -2.12. The summed E-state index contributed by atoms with van der Waals surface area (Å²) in [6.45, 7) is 4.14. The molecule has 1 aliphatic rings. The largest absolute Gasteiger partial charge is 0.487 e. The predicted octanol–water partition coefficient (Wildman–Crippen LogP) is 2.05. The van der Waals surface area contributed by atoms with Gasteiger partial charge in [-0.15, -0.1) is 5.10 Å². The minimum absolute atomic E-state index is 0.219. The summed E-state index contributed by atoms with van der Waals surface area (Å²) in [7, 11) is 0. The monoisotopic (exact) mass is 363 g/mol. The van der Waals surface area contributed by atoms with Crippen molar-refractivity contribution in [1.82, 2.24) is 25.6 Å². The predicted molar refractivity (Wildman–Crippen MR) is 95.0 cm³/mol. The molecule has 2 aromatic rings. The van der Waals surface area contributed by atoms with Crippen molar-refractivity contribution in [2.24, 2.45) is 0 Å². The van der Waals surface area contributed by atoms with Crippen LogP contribution in [0, 0.1) is 0 Å². The van der Waals surface area contributed by atoms with E-state index >= 15 is 0 Å². The Morgan fingerprint density at radius 3 is 2.96 bits per heavy atom. The third-order valence-corrected chi connectivity index (χ3v) is 4.45. The molecule has 0 saturated carbocycles. The molecule has 1 aromatic heterocycles. The average Bonchev–Trinajstić information content (AvgIpc) is 3.13. The van der Waals surface area contributed by atoms with Crippen molar-refractivity contribution in [2.45, 2.75) is 31.9 Å². The number of para-hydroxylation sites is 1. The molecule has 0 radical (unpaired) electrons. The van der Waals surface area contributed by atoms with Crippen LogP contribution in [-0.4, -0.2) is 46.6 Å². The molecule has 1 aromatic carbocycles. The van der Waals surface area contributed by atoms with E-state index in [-0.39, 0.29) is 12.0 Å². The number of aromatic nitrogens is 3. The van der Waals surface area contributed by atoms with E-state index in [1.54, 1.807) is 23.0 Å². The standard InChI is InChI=1S/C17H22ClN5O2/c1-12(25-16-5-3-2-4-14(16)18)10-20-17(24)15-11-23(22-21-15)13-6-8-19-9-7-13/h2-5,11-13,19H,6-10H2,1H3,(H,20,24). The summed E-state index contributed by atoms with van der Waals surface area (Å²) in [6, 6.07) is 7.56. The van der Waals surface area contributed by atoms with E-state index < -0.39 is 0 Å². The maximum Gasteiger partial charge on any atom is 0.273 e. The second-order valence-electron chi connectivity index (χ2n) is 6.13. The van der Waals surface area contributed by atoms with Crippen LogP contribution in [0.15, 0.2) is 30.5 Å². The van der Waals surface area contributed by atoms with E-state index in [4.69, 9.17) is 16.3 Å². The Morgan fingerprint density at radius 2 is 2.20 bits per heavy atom. The number of amides is 1. The fraction of sp³-hybridized carbons (Fsp3) is 0.471. The van der Waals surface area contributed by atoms with Crippen molar-refractivity contribution in [1.29, 1.82) is 0 Å². The van der Waals surface area contributed by atoms with Gasteiger partial charge in [0.1, 0.15) is 11.9 Å². The van der Waals surface area contributed by atoms with Gasteiger partial charge in [-0.1, -0.05) is 28.9 Å². The topological polar surface area (TPSA) is 81.1 Å². The van der Waals surface area contributed by atoms with Crippen LogP contribution < -0.4 is 15.4 Å². The summed E-state index contributed by atoms with van der Waals surface area (Å²) in [6.07, 6.45) is 3.48. The zero-order chi connectivity index (χ0) is 17.6. The van der Waals surface area contributed by atoms with Crippen LogP contribution in [0.4, 0.5) is 0 Å². The van der Waals surface area contributed by atoms with Gasteiger partial charge in [-0.05, 0) is 45.0 Å². The van der Waals surface area contributed by atoms with Gasteiger partial charge in [0.2, 0.25) is 0 Å². The number of nitrogens with zero attached hydrogens (tertiary/aromatic N) is 3. The molecule has 1 amide bonds. The SMILES string of the molecule is CC(CNC(=O)c1cn(C2CCNCC2)nn1)Oc1ccccc1Cl. The number of carbonyl (C=O) groups is 1. The third-order valence-electron chi connectivity index (χ3n) is 4.14. The number of rotatable bonds is 6. The molecule has 0 aliphatic carbocycles. The highest BCUT2D eigenvalue weighted by Crippen LogP contribution is 2.24. The van der Waals surface area contributed by atoms with Crippen molar-refractivity contribution < 1.29 is 9.53 Å². The fourth-order valence-corrected chi connectivity index (χ4v) is 2.94. The number of nitrogens with one attached hydrogen (secondary N) is 2. The fourth-order valence-electron chi connectivity index (χ4n) is 2.76. The van der Waals surface area contributed by atoms with Crippen LogP contribution in [0.25, 0.3) is 0 Å². The molecule has 0 spiro atoms. The molecule has 134 valence electrons. The van der Waals surface area contributed by atoms with E-state index in [1.807, 2.05) is 19.1 Å². The molecular weight excluding hydrogens is 342 g/mol. The summed E-state index contributed by atoms with van der Waals surface area (Å²) < 4.78 is 7.53. The summed E-state index contributed by atoms with van der Waals surface area (Å²) in [5.41, 5.74) is 0.323. The number of benzene rings is 1. The molecule has 1 unspecified atom stereocenters. The number of ether oxygens (including phenoxy) is 1. The molecule has 1 atom stereocenters. The molecule has 2 heterocycles. The number of piperidine rings is 1. The van der Waals surface area contributed by atoms with Gasteiger partial charge in [0, 0.05) is 0 Å². The van der Waals surface area contributed by atoms with Crippen molar-refractivity contribution >= 4 is 17.5 Å². The van der Waals surface area contributed by atoms with Gasteiger partial charge in [-0.25, -0.2) is 4.68 Å². The van der Waals surface area contributed by atoms with Crippen LogP contribution in [0.3, 0.4) is 0 Å². The Morgan fingerprint density at radius 1 is 1.44 bits per heavy atom. The smallest absolute Gasteiger partial charge is 0.273 e. The highest BCUT2D eigenvalue weighted by atomic mass is 35.5. The van der Waals surface area contributed by atoms with Crippen molar-refractivity contribution in [2.75, 3.05) is 19.6 Å². The Kier molecular flexibility index (Phi) is 5.88. The minimum atomic E-state index is -0.255. The molecule has 2 N–H and O–H groups in total. The molecule has 8 heteroatoms. The van der Waals surface area contributed by atoms with Gasteiger partial charge in [0.05, 0.1) is 23.8 Å². The van der Waals surface area contributed by atoms with Crippen LogP contribution in [0.1, 0.15) is 36.3 Å². The van der Waals surface area contributed by atoms with Crippen molar-refractivity contribution in [3.8, 4) is 5.75 Å². The highest BCUT2D eigenvalue weighted by molar-refractivity contribution is 6.32. The normalized spacial score (nSPS) is 16.4. The van der Waals surface area contributed by atoms with Crippen LogP contribution >= 0.6 is 11.6 Å². The second-order valence-corrected chi connectivity index (χ2v) is 6.54. The molecule has 1 aliphatic heterocycles. The molecule has 0 bridgehead atoms. The van der Waals surface area contributed by atoms with Gasteiger partial charge in [0.15, 0.2) is 5.69 Å². The number of hydrogen-bond acceptors (Lipinski definition) is 5. The van der Waals surface area contributed by atoms with Gasteiger partial charge in [0.25, 0.3) is 5.91 Å². The molecule has 3 rings (SSSR count). The van der Waals surface area contributed by atoms with Gasteiger partial charge < -0.3 is 15.4 Å². The van der Waals surface area contributed by atoms with E-state index in [0.29, 0.717) is 29.1 Å². The van der Waals surface area contributed by atoms with Crippen molar-refractivity contribution in [3.63, 3.8) is 0 Å². The lowest BCUT2D eigenvalue weighted by Gasteiger charge is -2.22. The van der Waals surface area contributed by atoms with E-state index in [0.717, 1.165) is 25.9 Å². The summed E-state index contributed by atoms with van der Waals surface area (Å²) >= 11 is 6.07. The Labute approximate surface area is 151 Å². The van der Waals surface area contributed by atoms with Crippen LogP contribution in [0.5, 0.6) is 5.75 Å². The van der Waals surface area contributed by atoms with Gasteiger partial charge >= 0.3 is 0 Å². The van der Waals surface area contributed by atoms with Crippen LogP contribution in [-0.2, 0) is 0 Å². The maximum absolute atomic E-state index is 12.2.